The molecule has 0 N–H and O–H groups in total. The Balaban J connectivity index is 0.897. The molecule has 0 amide bonds. The van der Waals surface area contributed by atoms with Crippen molar-refractivity contribution < 1.29 is 0 Å². The zero-order valence-electron chi connectivity index (χ0n) is 36.9. The summed E-state index contributed by atoms with van der Waals surface area (Å²) in [5.41, 5.74) is 27.8. The predicted molar refractivity (Wildman–Crippen MR) is 279 cm³/mol. The van der Waals surface area contributed by atoms with E-state index < -0.39 is 0 Å². The summed E-state index contributed by atoms with van der Waals surface area (Å²) in [4.78, 5) is 0. The summed E-state index contributed by atoms with van der Waals surface area (Å²) < 4.78 is 0. The molecule has 11 aromatic rings. The van der Waals surface area contributed by atoms with E-state index in [0.717, 1.165) is 0 Å². The van der Waals surface area contributed by atoms with Crippen molar-refractivity contribution in [2.45, 2.75) is 17.8 Å². The molecule has 0 radical (unpaired) electrons. The zero-order valence-corrected chi connectivity index (χ0v) is 36.9. The average Bonchev–Trinajstić information content (AvgIpc) is 4.03. The van der Waals surface area contributed by atoms with Gasteiger partial charge in [-0.25, -0.2) is 0 Å². The lowest BCUT2D eigenvalue weighted by Gasteiger charge is -2.19. The third kappa shape index (κ3) is 6.07. The Kier molecular flexibility index (Phi) is 8.58. The van der Waals surface area contributed by atoms with Crippen LogP contribution in [0.5, 0.6) is 0 Å². The molecule has 0 aromatic heterocycles. The second-order valence-corrected chi connectivity index (χ2v) is 18.7. The van der Waals surface area contributed by atoms with Gasteiger partial charge < -0.3 is 0 Å². The van der Waals surface area contributed by atoms with Crippen molar-refractivity contribution in [3.05, 3.63) is 299 Å². The van der Waals surface area contributed by atoms with Gasteiger partial charge in [0.15, 0.2) is 0 Å². The summed E-state index contributed by atoms with van der Waals surface area (Å²) in [6.07, 6.45) is 0. The molecule has 3 unspecified atom stereocenters. The Labute approximate surface area is 392 Å². The fourth-order valence-corrected chi connectivity index (χ4v) is 12.0. The zero-order chi connectivity index (χ0) is 44.0. The molecule has 3 atom stereocenters. The van der Waals surface area contributed by atoms with E-state index in [1.807, 2.05) is 0 Å². The van der Waals surface area contributed by atoms with Crippen molar-refractivity contribution in [3.63, 3.8) is 0 Å². The maximum absolute atomic E-state index is 2.58. The van der Waals surface area contributed by atoms with E-state index in [1.165, 1.54) is 128 Å². The highest BCUT2D eigenvalue weighted by Gasteiger charge is 2.37. The summed E-state index contributed by atoms with van der Waals surface area (Å²) in [5, 5.41) is 2.55. The Morgan fingerprint density at radius 2 is 0.552 bits per heavy atom. The molecular weight excluding hydrogens is 805 g/mol. The second kappa shape index (κ2) is 15.1. The van der Waals surface area contributed by atoms with E-state index in [4.69, 9.17) is 0 Å². The van der Waals surface area contributed by atoms with Crippen LogP contribution in [-0.2, 0) is 0 Å². The lowest BCUT2D eigenvalue weighted by atomic mass is 9.84. The first-order valence-corrected chi connectivity index (χ1v) is 23.7. The Bertz CT molecular complexity index is 3730. The summed E-state index contributed by atoms with van der Waals surface area (Å²) in [5.74, 6) is 0.452. The highest BCUT2D eigenvalue weighted by molar-refractivity contribution is 5.93. The highest BCUT2D eigenvalue weighted by Crippen LogP contribution is 2.57. The third-order valence-electron chi connectivity index (χ3n) is 15.1. The molecular formula is C67H44. The predicted octanol–water partition coefficient (Wildman–Crippen LogP) is 17.3. The van der Waals surface area contributed by atoms with E-state index in [0.29, 0.717) is 0 Å². The van der Waals surface area contributed by atoms with Crippen molar-refractivity contribution in [1.29, 1.82) is 0 Å². The van der Waals surface area contributed by atoms with Crippen molar-refractivity contribution in [1.82, 2.24) is 0 Å². The molecule has 0 spiro atoms. The van der Waals surface area contributed by atoms with Crippen LogP contribution in [0, 0.1) is 0 Å². The van der Waals surface area contributed by atoms with Gasteiger partial charge in [0.05, 0.1) is 0 Å². The molecule has 0 bridgehead atoms. The quantitative estimate of drug-likeness (QED) is 0.156. The van der Waals surface area contributed by atoms with Crippen molar-refractivity contribution >= 4 is 10.8 Å². The Hall–Kier alpha value is -8.32. The van der Waals surface area contributed by atoms with Crippen LogP contribution in [0.3, 0.4) is 0 Å². The smallest absolute Gasteiger partial charge is 0.0352 e. The maximum Gasteiger partial charge on any atom is 0.0352 e. The summed E-state index contributed by atoms with van der Waals surface area (Å²) >= 11 is 0. The molecule has 67 heavy (non-hydrogen) atoms. The Morgan fingerprint density at radius 1 is 0.179 bits per heavy atom. The normalized spacial score (nSPS) is 15.9. The summed E-state index contributed by atoms with van der Waals surface area (Å²) in [6, 6.07) is 93.5. The van der Waals surface area contributed by atoms with E-state index in [9.17, 15) is 0 Å². The van der Waals surface area contributed by atoms with Gasteiger partial charge >= 0.3 is 0 Å². The summed E-state index contributed by atoms with van der Waals surface area (Å²) in [7, 11) is 0. The maximum atomic E-state index is 2.58. The van der Waals surface area contributed by atoms with Crippen LogP contribution in [0.15, 0.2) is 249 Å². The van der Waals surface area contributed by atoms with Crippen LogP contribution in [0.2, 0.25) is 0 Å². The van der Waals surface area contributed by atoms with Gasteiger partial charge in [-0.15, -0.1) is 0 Å². The SMILES string of the molecule is c1ccc(-c2ccc(C3c4ccccc4-c4cc(-c5ccc6c(c5)-c5cc7c(cc5C6c5ccc6ccccc6c5)C(c5ccc(-c6ccccc6)cc5)c5ccccc5-7)ccc43)cc2)cc1. The number of benzene rings is 11. The van der Waals surface area contributed by atoms with Gasteiger partial charge in [-0.05, 0) is 146 Å². The molecule has 3 aliphatic rings. The monoisotopic (exact) mass is 848 g/mol. The van der Waals surface area contributed by atoms with Crippen LogP contribution < -0.4 is 0 Å². The van der Waals surface area contributed by atoms with Gasteiger partial charge in [0, 0.05) is 17.8 Å². The number of hydrogen-bond donors (Lipinski definition) is 0. The lowest BCUT2D eigenvalue weighted by molar-refractivity contribution is 0.983. The number of rotatable bonds is 6. The molecule has 0 aliphatic heterocycles. The molecule has 11 aromatic carbocycles. The number of fused-ring (bicyclic) bond motifs is 10. The second-order valence-electron chi connectivity index (χ2n) is 18.7. The van der Waals surface area contributed by atoms with Gasteiger partial charge in [-0.2, -0.15) is 0 Å². The van der Waals surface area contributed by atoms with Gasteiger partial charge in [0.25, 0.3) is 0 Å². The first-order valence-electron chi connectivity index (χ1n) is 23.7. The molecule has 14 rings (SSSR count). The van der Waals surface area contributed by atoms with Crippen molar-refractivity contribution in [3.8, 4) is 66.8 Å². The fourth-order valence-electron chi connectivity index (χ4n) is 12.0. The molecule has 0 heterocycles. The highest BCUT2D eigenvalue weighted by atomic mass is 14.4. The van der Waals surface area contributed by atoms with Crippen LogP contribution in [0.1, 0.15) is 67.8 Å². The molecule has 0 fully saturated rings. The lowest BCUT2D eigenvalue weighted by Crippen LogP contribution is -2.03. The van der Waals surface area contributed by atoms with Gasteiger partial charge in [0.2, 0.25) is 0 Å². The van der Waals surface area contributed by atoms with E-state index in [-0.39, 0.29) is 17.8 Å². The molecule has 0 saturated carbocycles. The van der Waals surface area contributed by atoms with Gasteiger partial charge in [-0.1, -0.05) is 231 Å². The largest absolute Gasteiger partial charge is 0.0622 e. The first kappa shape index (κ1) is 38.0. The van der Waals surface area contributed by atoms with Crippen LogP contribution >= 0.6 is 0 Å². The van der Waals surface area contributed by atoms with Crippen LogP contribution in [0.25, 0.3) is 77.5 Å². The third-order valence-corrected chi connectivity index (χ3v) is 15.1. The van der Waals surface area contributed by atoms with Crippen LogP contribution in [-0.4, -0.2) is 0 Å². The standard InChI is InChI=1S/C67H44/c1-3-13-42(14-4-1)45-23-28-47(29-24-45)65-55-21-11-9-19-53(55)59-38-50(33-35-57(59)65)51-34-36-58-60(39-51)62-40-61-54-20-10-12-22-56(54)66(48-30-25-46(26-31-48)43-15-5-2-6-16-43)63(61)41-64(62)67(58)52-32-27-44-17-7-8-18-49(44)37-52/h1-41,65-67H. The molecule has 312 valence electrons. The summed E-state index contributed by atoms with van der Waals surface area (Å²) in [6.45, 7) is 0. The van der Waals surface area contributed by atoms with Gasteiger partial charge in [0.1, 0.15) is 0 Å². The fraction of sp³-hybridized carbons (Fsp3) is 0.0448. The Morgan fingerprint density at radius 3 is 1.12 bits per heavy atom. The minimum absolute atomic E-state index is 0.111. The molecule has 3 aliphatic carbocycles. The van der Waals surface area contributed by atoms with E-state index in [1.54, 1.807) is 0 Å². The first-order chi connectivity index (χ1) is 33.2. The minimum Gasteiger partial charge on any atom is -0.0622 e. The van der Waals surface area contributed by atoms with Crippen LogP contribution in [0.4, 0.5) is 0 Å². The van der Waals surface area contributed by atoms with Crippen molar-refractivity contribution in [2.75, 3.05) is 0 Å². The van der Waals surface area contributed by atoms with E-state index in [2.05, 4.69) is 249 Å². The van der Waals surface area contributed by atoms with Crippen molar-refractivity contribution in [2.24, 2.45) is 0 Å². The van der Waals surface area contributed by atoms with Gasteiger partial charge in [-0.3, -0.25) is 0 Å². The topological polar surface area (TPSA) is 0 Å². The number of hydrogen-bond acceptors (Lipinski definition) is 0. The molecule has 0 nitrogen and oxygen atoms in total. The molecule has 0 saturated heterocycles. The van der Waals surface area contributed by atoms with E-state index >= 15 is 0 Å². The minimum atomic E-state index is 0.111. The molecule has 0 heteroatoms. The average molecular weight is 849 g/mol.